The predicted molar refractivity (Wildman–Crippen MR) is 59.0 cm³/mol. The highest BCUT2D eigenvalue weighted by Crippen LogP contribution is 2.11. The Labute approximate surface area is 89.4 Å². The van der Waals surface area contributed by atoms with E-state index in [1.54, 1.807) is 19.2 Å². The van der Waals surface area contributed by atoms with E-state index in [1.807, 2.05) is 6.92 Å². The summed E-state index contributed by atoms with van der Waals surface area (Å²) >= 11 is 0. The van der Waals surface area contributed by atoms with Gasteiger partial charge in [0.1, 0.15) is 5.82 Å². The molecule has 4 heteroatoms. The first-order valence-corrected chi connectivity index (χ1v) is 4.91. The van der Waals surface area contributed by atoms with Crippen LogP contribution in [0.15, 0.2) is 18.2 Å². The molecule has 0 fully saturated rings. The quantitative estimate of drug-likeness (QED) is 0.728. The molecule has 1 atom stereocenters. The molecule has 3 nitrogen and oxygen atoms in total. The van der Waals surface area contributed by atoms with Crippen LogP contribution < -0.4 is 11.1 Å². The fourth-order valence-corrected chi connectivity index (χ4v) is 1.20. The highest BCUT2D eigenvalue weighted by molar-refractivity contribution is 5.40. The summed E-state index contributed by atoms with van der Waals surface area (Å²) in [5.74, 6) is -0.271. The summed E-state index contributed by atoms with van der Waals surface area (Å²) in [7, 11) is 1.65. The lowest BCUT2D eigenvalue weighted by Gasteiger charge is -2.11. The van der Waals surface area contributed by atoms with Crippen molar-refractivity contribution < 1.29 is 9.13 Å². The van der Waals surface area contributed by atoms with E-state index in [1.165, 1.54) is 6.07 Å². The number of anilines is 1. The molecule has 0 aliphatic heterocycles. The Morgan fingerprint density at radius 3 is 2.87 bits per heavy atom. The number of methoxy groups -OCH3 is 1. The summed E-state index contributed by atoms with van der Waals surface area (Å²) in [6.45, 7) is 3.13. The zero-order valence-corrected chi connectivity index (χ0v) is 9.09. The number of hydrogen-bond acceptors (Lipinski definition) is 3. The summed E-state index contributed by atoms with van der Waals surface area (Å²) in [6, 6.07) is 4.71. The van der Waals surface area contributed by atoms with Gasteiger partial charge in [-0.15, -0.1) is 0 Å². The number of ether oxygens (including phenoxy) is 1. The molecular weight excluding hydrogens is 195 g/mol. The monoisotopic (exact) mass is 212 g/mol. The zero-order valence-electron chi connectivity index (χ0n) is 9.09. The van der Waals surface area contributed by atoms with E-state index in [4.69, 9.17) is 10.5 Å². The highest BCUT2D eigenvalue weighted by atomic mass is 19.1. The van der Waals surface area contributed by atoms with Gasteiger partial charge in [-0.3, -0.25) is 0 Å². The molecule has 0 radical (unpaired) electrons. The number of nitrogens with two attached hydrogens (primary N) is 1. The molecule has 1 unspecified atom stereocenters. The van der Waals surface area contributed by atoms with E-state index in [0.717, 1.165) is 0 Å². The van der Waals surface area contributed by atoms with Crippen LogP contribution in [0, 0.1) is 5.82 Å². The fraction of sp³-hybridized carbons (Fsp3) is 0.455. The van der Waals surface area contributed by atoms with Gasteiger partial charge in [0.2, 0.25) is 0 Å². The number of hydrogen-bond donors (Lipinski definition) is 2. The average Bonchev–Trinajstić information content (AvgIpc) is 2.21. The normalized spacial score (nSPS) is 12.7. The summed E-state index contributed by atoms with van der Waals surface area (Å²) < 4.78 is 18.4. The van der Waals surface area contributed by atoms with E-state index in [-0.39, 0.29) is 11.9 Å². The lowest BCUT2D eigenvalue weighted by molar-refractivity contribution is 0.117. The Morgan fingerprint density at radius 1 is 1.53 bits per heavy atom. The van der Waals surface area contributed by atoms with Gasteiger partial charge in [0.05, 0.1) is 6.10 Å². The van der Waals surface area contributed by atoms with E-state index < -0.39 is 0 Å². The lowest BCUT2D eigenvalue weighted by atomic mass is 10.2. The third-order valence-electron chi connectivity index (χ3n) is 2.23. The maximum atomic E-state index is 13.3. The Hall–Kier alpha value is -1.13. The standard InChI is InChI=1S/C11H17FN2O/c1-8(15-2)6-14-7-9-3-4-10(13)5-11(9)12/h3-5,8,14H,6-7,13H2,1-2H3. The van der Waals surface area contributed by atoms with E-state index in [9.17, 15) is 4.39 Å². The molecule has 0 aliphatic carbocycles. The smallest absolute Gasteiger partial charge is 0.129 e. The third-order valence-corrected chi connectivity index (χ3v) is 2.23. The minimum absolute atomic E-state index is 0.127. The topological polar surface area (TPSA) is 47.3 Å². The second-order valence-electron chi connectivity index (χ2n) is 3.53. The van der Waals surface area contributed by atoms with Gasteiger partial charge in [-0.2, -0.15) is 0 Å². The van der Waals surface area contributed by atoms with E-state index in [0.29, 0.717) is 24.3 Å². The second-order valence-corrected chi connectivity index (χ2v) is 3.53. The number of halogens is 1. The van der Waals surface area contributed by atoms with Gasteiger partial charge in [-0.1, -0.05) is 6.07 Å². The first kappa shape index (κ1) is 11.9. The van der Waals surface area contributed by atoms with Crippen LogP contribution in [0.3, 0.4) is 0 Å². The van der Waals surface area contributed by atoms with Gasteiger partial charge in [0, 0.05) is 31.5 Å². The molecule has 0 amide bonds. The van der Waals surface area contributed by atoms with Gasteiger partial charge < -0.3 is 15.8 Å². The molecule has 0 spiro atoms. The molecule has 15 heavy (non-hydrogen) atoms. The molecule has 3 N–H and O–H groups in total. The Kier molecular flexibility index (Phi) is 4.52. The Balaban J connectivity index is 2.44. The zero-order chi connectivity index (χ0) is 11.3. The largest absolute Gasteiger partial charge is 0.399 e. The van der Waals surface area contributed by atoms with Crippen molar-refractivity contribution >= 4 is 5.69 Å². The molecule has 0 saturated heterocycles. The van der Waals surface area contributed by atoms with Gasteiger partial charge in [0.25, 0.3) is 0 Å². The summed E-state index contributed by atoms with van der Waals surface area (Å²) in [5, 5.41) is 3.11. The van der Waals surface area contributed by atoms with Crippen molar-refractivity contribution in [2.75, 3.05) is 19.4 Å². The molecule has 0 heterocycles. The van der Waals surface area contributed by atoms with Crippen LogP contribution in [-0.2, 0) is 11.3 Å². The average molecular weight is 212 g/mol. The second kappa shape index (κ2) is 5.68. The Bertz CT molecular complexity index is 317. The van der Waals surface area contributed by atoms with Crippen molar-refractivity contribution in [2.24, 2.45) is 0 Å². The number of nitrogens with one attached hydrogen (secondary N) is 1. The maximum Gasteiger partial charge on any atom is 0.129 e. The van der Waals surface area contributed by atoms with Crippen LogP contribution in [0.5, 0.6) is 0 Å². The van der Waals surface area contributed by atoms with Crippen LogP contribution in [0.4, 0.5) is 10.1 Å². The van der Waals surface area contributed by atoms with Crippen LogP contribution >= 0.6 is 0 Å². The van der Waals surface area contributed by atoms with E-state index >= 15 is 0 Å². The fourth-order valence-electron chi connectivity index (χ4n) is 1.20. The minimum atomic E-state index is -0.271. The summed E-state index contributed by atoms with van der Waals surface area (Å²) in [6.07, 6.45) is 0.127. The molecular formula is C11H17FN2O. The van der Waals surface area contributed by atoms with Crippen molar-refractivity contribution in [2.45, 2.75) is 19.6 Å². The maximum absolute atomic E-state index is 13.3. The molecule has 1 rings (SSSR count). The van der Waals surface area contributed by atoms with Crippen LogP contribution in [0.2, 0.25) is 0 Å². The molecule has 0 aliphatic rings. The Morgan fingerprint density at radius 2 is 2.27 bits per heavy atom. The molecule has 84 valence electrons. The predicted octanol–water partition coefficient (Wildman–Crippen LogP) is 1.53. The number of benzene rings is 1. The van der Waals surface area contributed by atoms with Crippen molar-refractivity contribution in [3.63, 3.8) is 0 Å². The van der Waals surface area contributed by atoms with Gasteiger partial charge in [-0.25, -0.2) is 4.39 Å². The van der Waals surface area contributed by atoms with Gasteiger partial charge in [0.15, 0.2) is 0 Å². The molecule has 0 saturated carbocycles. The SMILES string of the molecule is COC(C)CNCc1ccc(N)cc1F. The number of nitrogen functional groups attached to an aromatic ring is 1. The first-order valence-electron chi connectivity index (χ1n) is 4.91. The van der Waals surface area contributed by atoms with E-state index in [2.05, 4.69) is 5.32 Å². The van der Waals surface area contributed by atoms with Gasteiger partial charge in [-0.05, 0) is 19.1 Å². The van der Waals surface area contributed by atoms with Crippen LogP contribution in [-0.4, -0.2) is 19.8 Å². The molecule has 1 aromatic carbocycles. The first-order chi connectivity index (χ1) is 7.13. The minimum Gasteiger partial charge on any atom is -0.399 e. The van der Waals surface area contributed by atoms with Gasteiger partial charge >= 0.3 is 0 Å². The van der Waals surface area contributed by atoms with Crippen molar-refractivity contribution in [1.29, 1.82) is 0 Å². The van der Waals surface area contributed by atoms with Crippen molar-refractivity contribution in [3.05, 3.63) is 29.6 Å². The molecule has 0 aromatic heterocycles. The summed E-state index contributed by atoms with van der Waals surface area (Å²) in [5.41, 5.74) is 6.51. The van der Waals surface area contributed by atoms with Crippen LogP contribution in [0.25, 0.3) is 0 Å². The van der Waals surface area contributed by atoms with Crippen LogP contribution in [0.1, 0.15) is 12.5 Å². The number of rotatable bonds is 5. The van der Waals surface area contributed by atoms with Crippen molar-refractivity contribution in [3.8, 4) is 0 Å². The summed E-state index contributed by atoms with van der Waals surface area (Å²) in [4.78, 5) is 0. The lowest BCUT2D eigenvalue weighted by Crippen LogP contribution is -2.25. The molecule has 0 bridgehead atoms. The highest BCUT2D eigenvalue weighted by Gasteiger charge is 2.03. The van der Waals surface area contributed by atoms with Crippen molar-refractivity contribution in [1.82, 2.24) is 5.32 Å². The third kappa shape index (κ3) is 3.85. The molecule has 1 aromatic rings.